The topological polar surface area (TPSA) is 87.2 Å². The normalized spacial score (nSPS) is 17.4. The second kappa shape index (κ2) is 7.35. The van der Waals surface area contributed by atoms with Crippen molar-refractivity contribution in [3.05, 3.63) is 35.6 Å². The molecule has 24 heavy (non-hydrogen) atoms. The Hall–Kier alpha value is -2.55. The van der Waals surface area contributed by atoms with Crippen LogP contribution in [0.3, 0.4) is 0 Å². The van der Waals surface area contributed by atoms with Gasteiger partial charge in [0, 0.05) is 18.8 Å². The van der Waals surface area contributed by atoms with E-state index in [9.17, 15) is 14.0 Å². The Morgan fingerprint density at radius 3 is 2.75 bits per heavy atom. The number of urea groups is 1. The highest BCUT2D eigenvalue weighted by molar-refractivity contribution is 7.13. The monoisotopic (exact) mass is 349 g/mol. The minimum absolute atomic E-state index is 0.161. The maximum Gasteiger partial charge on any atom is 0.321 e. The van der Waals surface area contributed by atoms with Crippen LogP contribution < -0.4 is 10.6 Å². The highest BCUT2D eigenvalue weighted by Crippen LogP contribution is 2.20. The number of nitrogens with zero attached hydrogens (tertiary/aromatic N) is 3. The van der Waals surface area contributed by atoms with E-state index in [2.05, 4.69) is 20.8 Å². The van der Waals surface area contributed by atoms with Crippen molar-refractivity contribution in [1.29, 1.82) is 0 Å². The number of hydrogen-bond donors (Lipinski definition) is 2. The lowest BCUT2D eigenvalue weighted by Gasteiger charge is -2.31. The molecule has 0 unspecified atom stereocenters. The minimum atomic E-state index is -0.362. The summed E-state index contributed by atoms with van der Waals surface area (Å²) in [5.74, 6) is -0.813. The van der Waals surface area contributed by atoms with E-state index in [0.29, 0.717) is 30.3 Å². The van der Waals surface area contributed by atoms with Gasteiger partial charge in [-0.05, 0) is 37.1 Å². The highest BCUT2D eigenvalue weighted by atomic mass is 32.1. The number of benzene rings is 1. The van der Waals surface area contributed by atoms with Crippen LogP contribution in [0.4, 0.5) is 20.0 Å². The van der Waals surface area contributed by atoms with Crippen molar-refractivity contribution in [2.75, 3.05) is 23.7 Å². The van der Waals surface area contributed by atoms with Crippen molar-refractivity contribution in [3.63, 3.8) is 0 Å². The third-order valence-corrected chi connectivity index (χ3v) is 4.37. The first-order chi connectivity index (χ1) is 11.6. The smallest absolute Gasteiger partial charge is 0.321 e. The second-order valence-electron chi connectivity index (χ2n) is 5.46. The van der Waals surface area contributed by atoms with Gasteiger partial charge in [0.15, 0.2) is 0 Å². The highest BCUT2D eigenvalue weighted by Gasteiger charge is 2.28. The molecule has 3 rings (SSSR count). The summed E-state index contributed by atoms with van der Waals surface area (Å²) in [6.45, 7) is 0.910. The van der Waals surface area contributed by atoms with E-state index in [1.54, 1.807) is 10.4 Å². The van der Waals surface area contributed by atoms with Gasteiger partial charge in [-0.3, -0.25) is 4.79 Å². The summed E-state index contributed by atoms with van der Waals surface area (Å²) < 4.78 is 12.9. The van der Waals surface area contributed by atoms with Crippen molar-refractivity contribution >= 4 is 34.1 Å². The molecule has 0 aliphatic carbocycles. The third-order valence-electron chi connectivity index (χ3n) is 3.77. The van der Waals surface area contributed by atoms with Crippen LogP contribution in [0.1, 0.15) is 12.8 Å². The number of hydrogen-bond acceptors (Lipinski definition) is 5. The fourth-order valence-corrected chi connectivity index (χ4v) is 2.99. The van der Waals surface area contributed by atoms with E-state index in [1.807, 2.05) is 0 Å². The molecule has 126 valence electrons. The van der Waals surface area contributed by atoms with Crippen LogP contribution in [0, 0.1) is 11.7 Å². The van der Waals surface area contributed by atoms with Crippen molar-refractivity contribution in [1.82, 2.24) is 15.1 Å². The summed E-state index contributed by atoms with van der Waals surface area (Å²) in [7, 11) is 0. The Labute approximate surface area is 141 Å². The fraction of sp³-hybridized carbons (Fsp3) is 0.333. The lowest BCUT2D eigenvalue weighted by Crippen LogP contribution is -2.45. The summed E-state index contributed by atoms with van der Waals surface area (Å²) in [6.07, 6.45) is 1.45. The molecule has 2 heterocycles. The molecule has 1 fully saturated rings. The number of likely N-dealkylation sites (tertiary alicyclic amines) is 1. The number of rotatable bonds is 3. The molecule has 9 heteroatoms. The number of anilines is 2. The zero-order valence-corrected chi connectivity index (χ0v) is 13.6. The van der Waals surface area contributed by atoms with Gasteiger partial charge in [-0.25, -0.2) is 9.18 Å². The third kappa shape index (κ3) is 4.05. The molecule has 2 N–H and O–H groups in total. The molecular weight excluding hydrogens is 333 g/mol. The standard InChI is InChI=1S/C15H16FN5O2S/c16-11-3-5-12(6-4-11)18-15(23)21-7-1-2-10(8-21)13(22)19-14-20-17-9-24-14/h3-6,9-10H,1-2,7-8H2,(H,18,23)(H,19,20,22)/t10-/m1/s1. The van der Waals surface area contributed by atoms with Crippen molar-refractivity contribution in [2.24, 2.45) is 5.92 Å². The SMILES string of the molecule is O=C(Nc1nncs1)[C@@H]1CCCN(C(=O)Nc2ccc(F)cc2)C1. The molecule has 1 aliphatic heterocycles. The molecule has 1 aromatic carbocycles. The Balaban J connectivity index is 1.57. The largest absolute Gasteiger partial charge is 0.324 e. The number of halogens is 1. The molecule has 0 bridgehead atoms. The summed E-state index contributed by atoms with van der Waals surface area (Å²) in [5.41, 5.74) is 2.06. The van der Waals surface area contributed by atoms with Gasteiger partial charge in [0.25, 0.3) is 0 Å². The van der Waals surface area contributed by atoms with E-state index in [4.69, 9.17) is 0 Å². The summed E-state index contributed by atoms with van der Waals surface area (Å²) >= 11 is 1.25. The van der Waals surface area contributed by atoms with Crippen molar-refractivity contribution in [2.45, 2.75) is 12.8 Å². The van der Waals surface area contributed by atoms with E-state index in [0.717, 1.165) is 6.42 Å². The number of carbonyl (C=O) groups is 2. The van der Waals surface area contributed by atoms with Crippen LogP contribution in [0.15, 0.2) is 29.8 Å². The van der Waals surface area contributed by atoms with E-state index in [-0.39, 0.29) is 23.7 Å². The molecule has 3 amide bonds. The lowest BCUT2D eigenvalue weighted by molar-refractivity contribution is -0.121. The van der Waals surface area contributed by atoms with Gasteiger partial charge >= 0.3 is 6.03 Å². The first-order valence-corrected chi connectivity index (χ1v) is 8.38. The number of piperidine rings is 1. The molecular formula is C15H16FN5O2S. The second-order valence-corrected chi connectivity index (χ2v) is 6.29. The average Bonchev–Trinajstić information content (AvgIpc) is 3.10. The first-order valence-electron chi connectivity index (χ1n) is 7.50. The van der Waals surface area contributed by atoms with E-state index >= 15 is 0 Å². The molecule has 1 atom stereocenters. The van der Waals surface area contributed by atoms with Gasteiger partial charge in [0.1, 0.15) is 11.3 Å². The van der Waals surface area contributed by atoms with Gasteiger partial charge in [-0.1, -0.05) is 11.3 Å². The Bertz CT molecular complexity index is 707. The molecule has 0 saturated carbocycles. The summed E-state index contributed by atoms with van der Waals surface area (Å²) in [6, 6.07) is 5.26. The van der Waals surface area contributed by atoms with Gasteiger partial charge in [0.2, 0.25) is 11.0 Å². The predicted octanol–water partition coefficient (Wildman–Crippen LogP) is 2.56. The van der Waals surface area contributed by atoms with Gasteiger partial charge < -0.3 is 15.5 Å². The van der Waals surface area contributed by atoms with Crippen LogP contribution in [-0.4, -0.2) is 40.1 Å². The van der Waals surface area contributed by atoms with Crippen molar-refractivity contribution < 1.29 is 14.0 Å². The van der Waals surface area contributed by atoms with Gasteiger partial charge in [-0.2, -0.15) is 0 Å². The van der Waals surface area contributed by atoms with Crippen LogP contribution in [0.25, 0.3) is 0 Å². The Morgan fingerprint density at radius 1 is 1.25 bits per heavy atom. The number of carbonyl (C=O) groups excluding carboxylic acids is 2. The van der Waals surface area contributed by atoms with E-state index in [1.165, 1.54) is 35.6 Å². The predicted molar refractivity (Wildman–Crippen MR) is 88.3 cm³/mol. The van der Waals surface area contributed by atoms with Crippen LogP contribution >= 0.6 is 11.3 Å². The molecule has 1 saturated heterocycles. The maximum atomic E-state index is 12.9. The van der Waals surface area contributed by atoms with Gasteiger partial charge in [-0.15, -0.1) is 10.2 Å². The Kier molecular flexibility index (Phi) is 4.99. The van der Waals surface area contributed by atoms with Crippen molar-refractivity contribution in [3.8, 4) is 0 Å². The number of amides is 3. The average molecular weight is 349 g/mol. The minimum Gasteiger partial charge on any atom is -0.324 e. The number of aromatic nitrogens is 2. The van der Waals surface area contributed by atoms with Crippen LogP contribution in [-0.2, 0) is 4.79 Å². The lowest BCUT2D eigenvalue weighted by atomic mass is 9.97. The molecule has 7 nitrogen and oxygen atoms in total. The zero-order valence-electron chi connectivity index (χ0n) is 12.7. The maximum absolute atomic E-state index is 12.9. The fourth-order valence-electron chi connectivity index (χ4n) is 2.55. The molecule has 1 aromatic heterocycles. The number of nitrogens with one attached hydrogen (secondary N) is 2. The van der Waals surface area contributed by atoms with Gasteiger partial charge in [0.05, 0.1) is 5.92 Å². The molecule has 0 spiro atoms. The quantitative estimate of drug-likeness (QED) is 0.891. The summed E-state index contributed by atoms with van der Waals surface area (Å²) in [4.78, 5) is 26.2. The van der Waals surface area contributed by atoms with E-state index < -0.39 is 0 Å². The first kappa shape index (κ1) is 16.3. The molecule has 1 aliphatic rings. The zero-order chi connectivity index (χ0) is 16.9. The molecule has 2 aromatic rings. The van der Waals surface area contributed by atoms with Crippen LogP contribution in [0.2, 0.25) is 0 Å². The molecule has 0 radical (unpaired) electrons. The Morgan fingerprint density at radius 2 is 2.04 bits per heavy atom. The summed E-state index contributed by atoms with van der Waals surface area (Å²) in [5, 5.41) is 13.3. The van der Waals surface area contributed by atoms with Crippen LogP contribution in [0.5, 0.6) is 0 Å².